The molecule has 11 unspecified atom stereocenters. The van der Waals surface area contributed by atoms with Crippen LogP contribution in [0.2, 0.25) is 0 Å². The van der Waals surface area contributed by atoms with Crippen LogP contribution in [0, 0.1) is 65.1 Å². The van der Waals surface area contributed by atoms with Gasteiger partial charge >= 0.3 is 17.9 Å². The van der Waals surface area contributed by atoms with E-state index < -0.39 is 0 Å². The second-order valence-electron chi connectivity index (χ2n) is 10.4. The number of carbonyl (C=O) groups excluding carboxylic acids is 3. The average molecular weight is 405 g/mol. The van der Waals surface area contributed by atoms with Crippen LogP contribution < -0.4 is 0 Å². The third-order valence-electron chi connectivity index (χ3n) is 9.42. The minimum Gasteiger partial charge on any atom is -0.463 e. The molecule has 0 aromatic rings. The topological polar surface area (TPSA) is 89.9 Å². The molecule has 0 radical (unpaired) electrons. The molecule has 1 N–H and O–H groups in total. The molecule has 5 rings (SSSR count). The first kappa shape index (κ1) is 19.5. The van der Waals surface area contributed by atoms with Gasteiger partial charge in [-0.3, -0.25) is 14.4 Å². The summed E-state index contributed by atoms with van der Waals surface area (Å²) in [6.07, 6.45) is 5.46. The summed E-state index contributed by atoms with van der Waals surface area (Å²) in [6.45, 7) is 4.10. The lowest BCUT2D eigenvalue weighted by Crippen LogP contribution is -2.44. The van der Waals surface area contributed by atoms with Gasteiger partial charge in [-0.15, -0.1) is 0 Å². The van der Waals surface area contributed by atoms with E-state index in [1.807, 2.05) is 6.92 Å². The number of cyclic esters (lactones) is 2. The van der Waals surface area contributed by atoms with Gasteiger partial charge in [0.2, 0.25) is 0 Å². The molecular formula is C23H32O6. The van der Waals surface area contributed by atoms with Gasteiger partial charge in [0.1, 0.15) is 6.61 Å². The Morgan fingerprint density at radius 1 is 1.00 bits per heavy atom. The van der Waals surface area contributed by atoms with Crippen LogP contribution in [-0.4, -0.2) is 36.2 Å². The van der Waals surface area contributed by atoms with Gasteiger partial charge in [-0.2, -0.15) is 0 Å². The van der Waals surface area contributed by atoms with Crippen LogP contribution in [0.3, 0.4) is 0 Å². The van der Waals surface area contributed by atoms with Crippen LogP contribution in [0.1, 0.15) is 46.0 Å². The van der Waals surface area contributed by atoms with Crippen molar-refractivity contribution >= 4 is 17.9 Å². The average Bonchev–Trinajstić information content (AvgIpc) is 3.48. The van der Waals surface area contributed by atoms with Gasteiger partial charge in [-0.25, -0.2) is 0 Å². The summed E-state index contributed by atoms with van der Waals surface area (Å²) in [6, 6.07) is 0. The number of ether oxygens (including phenoxy) is 2. The van der Waals surface area contributed by atoms with Crippen molar-refractivity contribution in [3.63, 3.8) is 0 Å². The summed E-state index contributed by atoms with van der Waals surface area (Å²) in [4.78, 5) is 37.4. The summed E-state index contributed by atoms with van der Waals surface area (Å²) < 4.78 is 10.3. The highest BCUT2D eigenvalue weighted by Crippen LogP contribution is 2.67. The van der Waals surface area contributed by atoms with Gasteiger partial charge < -0.3 is 14.6 Å². The molecule has 4 saturated carbocycles. The van der Waals surface area contributed by atoms with Gasteiger partial charge in [0, 0.05) is 0 Å². The van der Waals surface area contributed by atoms with Crippen LogP contribution in [0.15, 0.2) is 0 Å². The summed E-state index contributed by atoms with van der Waals surface area (Å²) in [5, 5.41) is 9.01. The number of hydrogen-bond donors (Lipinski definition) is 1. The van der Waals surface area contributed by atoms with Crippen molar-refractivity contribution < 1.29 is 29.0 Å². The van der Waals surface area contributed by atoms with Crippen molar-refractivity contribution in [1.82, 2.24) is 0 Å². The maximum absolute atomic E-state index is 12.7. The maximum atomic E-state index is 12.7. The fourth-order valence-electron chi connectivity index (χ4n) is 8.42. The maximum Gasteiger partial charge on any atom is 0.317 e. The van der Waals surface area contributed by atoms with Crippen molar-refractivity contribution in [3.05, 3.63) is 0 Å². The smallest absolute Gasteiger partial charge is 0.317 e. The normalized spacial score (nSPS) is 50.4. The third kappa shape index (κ3) is 2.81. The molecule has 0 aromatic carbocycles. The minimum atomic E-state index is -0.368. The van der Waals surface area contributed by atoms with E-state index in [2.05, 4.69) is 6.92 Å². The number of aliphatic hydroxyl groups excluding tert-OH is 1. The molecule has 4 aliphatic carbocycles. The van der Waals surface area contributed by atoms with Gasteiger partial charge in [0.05, 0.1) is 24.4 Å². The molecule has 4 bridgehead atoms. The molecule has 5 aliphatic rings. The minimum absolute atomic E-state index is 0.0667. The third-order valence-corrected chi connectivity index (χ3v) is 9.42. The highest BCUT2D eigenvalue weighted by Gasteiger charge is 2.64. The number of carbonyl (C=O) groups is 3. The predicted octanol–water partition coefficient (Wildman–Crippen LogP) is 2.43. The van der Waals surface area contributed by atoms with E-state index >= 15 is 0 Å². The Balaban J connectivity index is 1.43. The molecule has 6 nitrogen and oxygen atoms in total. The van der Waals surface area contributed by atoms with E-state index in [1.54, 1.807) is 0 Å². The molecule has 1 aliphatic heterocycles. The fourth-order valence-corrected chi connectivity index (χ4v) is 8.42. The molecule has 0 spiro atoms. The molecule has 6 heteroatoms. The van der Waals surface area contributed by atoms with Crippen molar-refractivity contribution in [3.8, 4) is 0 Å². The van der Waals surface area contributed by atoms with Crippen LogP contribution in [0.4, 0.5) is 0 Å². The zero-order valence-corrected chi connectivity index (χ0v) is 17.3. The van der Waals surface area contributed by atoms with E-state index in [-0.39, 0.29) is 54.8 Å². The Kier molecular flexibility index (Phi) is 4.76. The fraction of sp³-hybridized carbons (Fsp3) is 0.870. The van der Waals surface area contributed by atoms with Gasteiger partial charge in [-0.05, 0) is 79.4 Å². The highest BCUT2D eigenvalue weighted by atomic mass is 16.6. The molecule has 1 heterocycles. The van der Waals surface area contributed by atoms with Gasteiger partial charge in [0.25, 0.3) is 0 Å². The monoisotopic (exact) mass is 404 g/mol. The standard InChI is InChI=1S/C23H32O6/c1-10-14-8-15(16(9-14)22(26)28-6-5-24)17(10)19-12-3-4-13(7-12)20(19)18-11(2)21(25)29-23(18)27/h10-20,24H,3-9H2,1-2H3. The Morgan fingerprint density at radius 3 is 2.34 bits per heavy atom. The summed E-state index contributed by atoms with van der Waals surface area (Å²) in [5.74, 6) is 1.91. The second kappa shape index (κ2) is 7.07. The largest absolute Gasteiger partial charge is 0.463 e. The SMILES string of the molecule is CC1C(=O)OC(=O)C1C1C2CCC(C2)C1C1C(C)C2CC(C(=O)OCCO)C1C2. The van der Waals surface area contributed by atoms with Crippen molar-refractivity contribution in [1.29, 1.82) is 0 Å². The first-order chi connectivity index (χ1) is 13.9. The van der Waals surface area contributed by atoms with Gasteiger partial charge in [-0.1, -0.05) is 13.8 Å². The molecule has 0 amide bonds. The molecule has 29 heavy (non-hydrogen) atoms. The first-order valence-electron chi connectivity index (χ1n) is 11.4. The van der Waals surface area contributed by atoms with E-state index in [0.29, 0.717) is 41.4 Å². The highest BCUT2D eigenvalue weighted by molar-refractivity contribution is 5.96. The molecule has 0 aromatic heterocycles. The lowest BCUT2D eigenvalue weighted by molar-refractivity contribution is -0.156. The molecule has 5 fully saturated rings. The molecule has 1 saturated heterocycles. The molecule has 11 atom stereocenters. The van der Waals surface area contributed by atoms with E-state index in [9.17, 15) is 14.4 Å². The Labute approximate surface area is 171 Å². The molecular weight excluding hydrogens is 372 g/mol. The van der Waals surface area contributed by atoms with Crippen LogP contribution in [0.25, 0.3) is 0 Å². The Morgan fingerprint density at radius 2 is 1.72 bits per heavy atom. The van der Waals surface area contributed by atoms with Gasteiger partial charge in [0.15, 0.2) is 0 Å². The van der Waals surface area contributed by atoms with Crippen LogP contribution in [-0.2, 0) is 23.9 Å². The second-order valence-corrected chi connectivity index (χ2v) is 10.4. The first-order valence-corrected chi connectivity index (χ1v) is 11.4. The quantitative estimate of drug-likeness (QED) is 0.559. The summed E-state index contributed by atoms with van der Waals surface area (Å²) >= 11 is 0. The van der Waals surface area contributed by atoms with E-state index in [0.717, 1.165) is 25.7 Å². The lowest BCUT2D eigenvalue weighted by Gasteiger charge is -2.45. The lowest BCUT2D eigenvalue weighted by atomic mass is 9.58. The van der Waals surface area contributed by atoms with E-state index in [1.165, 1.54) is 6.42 Å². The van der Waals surface area contributed by atoms with Crippen LogP contribution in [0.5, 0.6) is 0 Å². The van der Waals surface area contributed by atoms with E-state index in [4.69, 9.17) is 14.6 Å². The summed E-state index contributed by atoms with van der Waals surface area (Å²) in [7, 11) is 0. The Bertz CT molecular complexity index is 718. The van der Waals surface area contributed by atoms with Crippen LogP contribution >= 0.6 is 0 Å². The zero-order chi connectivity index (χ0) is 20.4. The Hall–Kier alpha value is -1.43. The van der Waals surface area contributed by atoms with Crippen molar-refractivity contribution in [2.45, 2.75) is 46.0 Å². The van der Waals surface area contributed by atoms with Crippen molar-refractivity contribution in [2.75, 3.05) is 13.2 Å². The number of aliphatic hydroxyl groups is 1. The summed E-state index contributed by atoms with van der Waals surface area (Å²) in [5.41, 5.74) is 0. The number of esters is 3. The number of rotatable bonds is 5. The number of hydrogen-bond acceptors (Lipinski definition) is 6. The predicted molar refractivity (Wildman–Crippen MR) is 102 cm³/mol. The molecule has 160 valence electrons. The zero-order valence-electron chi connectivity index (χ0n) is 17.3. The number of fused-ring (bicyclic) bond motifs is 4. The van der Waals surface area contributed by atoms with Crippen molar-refractivity contribution in [2.24, 2.45) is 65.1 Å².